The summed E-state index contributed by atoms with van der Waals surface area (Å²) in [5.41, 5.74) is 7.09. The summed E-state index contributed by atoms with van der Waals surface area (Å²) in [6, 6.07) is 5.06. The van der Waals surface area contributed by atoms with Gasteiger partial charge in [-0.15, -0.1) is 0 Å². The maximum absolute atomic E-state index is 13.3. The summed E-state index contributed by atoms with van der Waals surface area (Å²) in [6.07, 6.45) is 0.852. The molecule has 3 nitrogen and oxygen atoms in total. The quantitative estimate of drug-likeness (QED) is 0.857. The molecule has 0 saturated heterocycles. The molecule has 6 heteroatoms. The predicted octanol–water partition coefficient (Wildman–Crippen LogP) is 2.99. The van der Waals surface area contributed by atoms with Gasteiger partial charge in [-0.05, 0) is 23.2 Å². The van der Waals surface area contributed by atoms with Crippen molar-refractivity contribution in [1.82, 2.24) is 9.36 Å². The van der Waals surface area contributed by atoms with Crippen LogP contribution in [0.15, 0.2) is 22.5 Å². The second kappa shape index (κ2) is 6.26. The van der Waals surface area contributed by atoms with Gasteiger partial charge in [-0.2, -0.15) is 4.37 Å². The highest BCUT2D eigenvalue weighted by Crippen LogP contribution is 2.25. The van der Waals surface area contributed by atoms with E-state index in [4.69, 9.17) is 5.73 Å². The van der Waals surface area contributed by atoms with E-state index in [-0.39, 0.29) is 12.4 Å². The van der Waals surface area contributed by atoms with Gasteiger partial charge in [0.15, 0.2) is 4.34 Å². The summed E-state index contributed by atoms with van der Waals surface area (Å²) in [4.78, 5) is 4.38. The molecule has 0 unspecified atom stereocenters. The van der Waals surface area contributed by atoms with Crippen LogP contribution >= 0.6 is 23.3 Å². The molecule has 0 spiro atoms. The minimum atomic E-state index is -0.240. The van der Waals surface area contributed by atoms with Gasteiger partial charge in [-0.25, -0.2) is 9.37 Å². The number of rotatable bonds is 5. The number of halogens is 1. The molecule has 18 heavy (non-hydrogen) atoms. The molecule has 1 aromatic carbocycles. The minimum absolute atomic E-state index is 0.225. The summed E-state index contributed by atoms with van der Waals surface area (Å²) in [7, 11) is 0. The van der Waals surface area contributed by atoms with Crippen LogP contribution in [0.3, 0.4) is 0 Å². The molecule has 1 heterocycles. The second-order valence-electron chi connectivity index (χ2n) is 3.75. The van der Waals surface area contributed by atoms with Gasteiger partial charge in [0.1, 0.15) is 11.6 Å². The third kappa shape index (κ3) is 3.28. The molecule has 2 aromatic rings. The molecule has 0 saturated carbocycles. The van der Waals surface area contributed by atoms with Gasteiger partial charge in [-0.3, -0.25) is 0 Å². The lowest BCUT2D eigenvalue weighted by atomic mass is 10.1. The molecule has 0 amide bonds. The summed E-state index contributed by atoms with van der Waals surface area (Å²) < 4.78 is 18.4. The van der Waals surface area contributed by atoms with Gasteiger partial charge in [0.2, 0.25) is 0 Å². The Bertz CT molecular complexity index is 528. The zero-order chi connectivity index (χ0) is 13.0. The number of nitrogens with two attached hydrogens (primary N) is 1. The second-order valence-corrected chi connectivity index (χ2v) is 5.72. The monoisotopic (exact) mass is 283 g/mol. The average Bonchev–Trinajstić information content (AvgIpc) is 2.86. The first kappa shape index (κ1) is 13.5. The number of aromatic nitrogens is 2. The molecular formula is C12H14FN3S2. The van der Waals surface area contributed by atoms with E-state index in [1.807, 2.05) is 13.0 Å². The van der Waals surface area contributed by atoms with Crippen molar-refractivity contribution in [2.45, 2.75) is 30.0 Å². The van der Waals surface area contributed by atoms with Gasteiger partial charge < -0.3 is 5.73 Å². The van der Waals surface area contributed by atoms with Gasteiger partial charge in [0, 0.05) is 24.3 Å². The largest absolute Gasteiger partial charge is 0.326 e. The number of hydrogen-bond acceptors (Lipinski definition) is 5. The molecule has 0 radical (unpaired) electrons. The van der Waals surface area contributed by atoms with Crippen molar-refractivity contribution in [2.24, 2.45) is 5.73 Å². The Labute approximate surface area is 114 Å². The fraction of sp³-hybridized carbons (Fsp3) is 0.333. The van der Waals surface area contributed by atoms with Gasteiger partial charge in [-0.1, -0.05) is 30.8 Å². The molecule has 0 aliphatic carbocycles. The van der Waals surface area contributed by atoms with E-state index >= 15 is 0 Å². The van der Waals surface area contributed by atoms with Crippen molar-refractivity contribution in [3.63, 3.8) is 0 Å². The molecule has 1 aromatic heterocycles. The smallest absolute Gasteiger partial charge is 0.170 e. The summed E-state index contributed by atoms with van der Waals surface area (Å²) >= 11 is 3.03. The first-order chi connectivity index (χ1) is 8.72. The van der Waals surface area contributed by atoms with Crippen LogP contribution < -0.4 is 5.73 Å². The van der Waals surface area contributed by atoms with Crippen molar-refractivity contribution in [2.75, 3.05) is 0 Å². The molecular weight excluding hydrogens is 269 g/mol. The highest BCUT2D eigenvalue weighted by atomic mass is 32.2. The van der Waals surface area contributed by atoms with Crippen LogP contribution in [-0.4, -0.2) is 9.36 Å². The van der Waals surface area contributed by atoms with Gasteiger partial charge in [0.05, 0.1) is 0 Å². The molecule has 0 aliphatic heterocycles. The molecule has 0 aliphatic rings. The van der Waals surface area contributed by atoms with E-state index in [2.05, 4.69) is 9.36 Å². The fourth-order valence-corrected chi connectivity index (χ4v) is 3.10. The van der Waals surface area contributed by atoms with Crippen molar-refractivity contribution in [3.8, 4) is 0 Å². The first-order valence-electron chi connectivity index (χ1n) is 5.65. The van der Waals surface area contributed by atoms with Crippen molar-refractivity contribution < 1.29 is 4.39 Å². The van der Waals surface area contributed by atoms with E-state index in [0.717, 1.165) is 27.9 Å². The lowest BCUT2D eigenvalue weighted by Gasteiger charge is -2.03. The average molecular weight is 283 g/mol. The van der Waals surface area contributed by atoms with E-state index in [1.165, 1.54) is 17.6 Å². The zero-order valence-corrected chi connectivity index (χ0v) is 11.7. The van der Waals surface area contributed by atoms with Crippen LogP contribution in [0.25, 0.3) is 0 Å². The van der Waals surface area contributed by atoms with Crippen LogP contribution in [0.5, 0.6) is 0 Å². The number of thioether (sulfide) groups is 1. The van der Waals surface area contributed by atoms with Gasteiger partial charge >= 0.3 is 0 Å². The Kier molecular flexibility index (Phi) is 4.68. The van der Waals surface area contributed by atoms with Crippen LogP contribution in [0.4, 0.5) is 4.39 Å². The van der Waals surface area contributed by atoms with E-state index in [1.54, 1.807) is 17.8 Å². The zero-order valence-electron chi connectivity index (χ0n) is 10.0. The van der Waals surface area contributed by atoms with E-state index < -0.39 is 0 Å². The van der Waals surface area contributed by atoms with E-state index in [0.29, 0.717) is 5.56 Å². The Morgan fingerprint density at radius 1 is 1.44 bits per heavy atom. The number of hydrogen-bond donors (Lipinski definition) is 1. The molecule has 2 N–H and O–H groups in total. The maximum Gasteiger partial charge on any atom is 0.170 e. The molecule has 96 valence electrons. The Balaban J connectivity index is 2.01. The van der Waals surface area contributed by atoms with Crippen LogP contribution in [0.2, 0.25) is 0 Å². The van der Waals surface area contributed by atoms with Gasteiger partial charge in [0.25, 0.3) is 0 Å². The van der Waals surface area contributed by atoms with Crippen molar-refractivity contribution in [1.29, 1.82) is 0 Å². The Morgan fingerprint density at radius 2 is 2.28 bits per heavy atom. The lowest BCUT2D eigenvalue weighted by molar-refractivity contribution is 0.610. The number of nitrogens with zero attached hydrogens (tertiary/aromatic N) is 2. The standard InChI is InChI=1S/C12H14FN3S2/c1-2-11-15-12(18-16-11)17-7-8-3-4-10(13)9(5-8)6-14/h3-5H,2,6-7,14H2,1H3. The van der Waals surface area contributed by atoms with Crippen LogP contribution in [-0.2, 0) is 18.7 Å². The fourth-order valence-electron chi connectivity index (χ4n) is 1.46. The Morgan fingerprint density at radius 3 is 2.94 bits per heavy atom. The number of benzene rings is 1. The van der Waals surface area contributed by atoms with Crippen molar-refractivity contribution in [3.05, 3.63) is 41.0 Å². The predicted molar refractivity (Wildman–Crippen MR) is 73.1 cm³/mol. The third-order valence-electron chi connectivity index (χ3n) is 2.46. The number of aryl methyl sites for hydroxylation is 1. The maximum atomic E-state index is 13.3. The third-order valence-corrected chi connectivity index (χ3v) is 4.40. The lowest BCUT2D eigenvalue weighted by Crippen LogP contribution is -2.00. The SMILES string of the molecule is CCc1nsc(SCc2ccc(F)c(CN)c2)n1. The summed E-state index contributed by atoms with van der Waals surface area (Å²) in [5, 5.41) is 0. The minimum Gasteiger partial charge on any atom is -0.326 e. The summed E-state index contributed by atoms with van der Waals surface area (Å²) in [6.45, 7) is 2.26. The van der Waals surface area contributed by atoms with Crippen LogP contribution in [0, 0.1) is 5.82 Å². The van der Waals surface area contributed by atoms with Crippen LogP contribution in [0.1, 0.15) is 23.9 Å². The van der Waals surface area contributed by atoms with E-state index in [9.17, 15) is 4.39 Å². The topological polar surface area (TPSA) is 51.8 Å². The highest BCUT2D eigenvalue weighted by Gasteiger charge is 2.05. The first-order valence-corrected chi connectivity index (χ1v) is 7.41. The molecule has 0 fully saturated rings. The highest BCUT2D eigenvalue weighted by molar-refractivity contribution is 8.00. The summed E-state index contributed by atoms with van der Waals surface area (Å²) in [5.74, 6) is 1.39. The molecule has 2 rings (SSSR count). The molecule has 0 bridgehead atoms. The molecule has 0 atom stereocenters. The normalized spacial score (nSPS) is 10.8. The van der Waals surface area contributed by atoms with Crippen molar-refractivity contribution >= 4 is 23.3 Å². The Hall–Kier alpha value is -0.980.